The topological polar surface area (TPSA) is 63.9 Å². The van der Waals surface area contributed by atoms with Crippen LogP contribution in [0, 0.1) is 20.8 Å². The highest BCUT2D eigenvalue weighted by atomic mass is 16.2. The number of likely N-dealkylation sites (tertiary alicyclic amines) is 1. The molecule has 122 valence electrons. The van der Waals surface area contributed by atoms with Gasteiger partial charge in [0.2, 0.25) is 5.91 Å². The fourth-order valence-electron chi connectivity index (χ4n) is 3.15. The first-order chi connectivity index (χ1) is 11.0. The van der Waals surface area contributed by atoms with Crippen molar-refractivity contribution in [1.82, 2.24) is 24.6 Å². The molecule has 0 saturated carbocycles. The van der Waals surface area contributed by atoms with Gasteiger partial charge in [0, 0.05) is 25.0 Å². The van der Waals surface area contributed by atoms with Crippen molar-refractivity contribution in [1.29, 1.82) is 0 Å². The Hall–Kier alpha value is -2.24. The lowest BCUT2D eigenvalue weighted by atomic mass is 10.0. The number of pyridine rings is 1. The van der Waals surface area contributed by atoms with Crippen molar-refractivity contribution in [3.05, 3.63) is 41.2 Å². The first-order valence-electron chi connectivity index (χ1n) is 8.12. The van der Waals surface area contributed by atoms with Gasteiger partial charge >= 0.3 is 0 Å². The van der Waals surface area contributed by atoms with Crippen molar-refractivity contribution >= 4 is 5.91 Å². The number of aryl methyl sites for hydroxylation is 3. The lowest BCUT2D eigenvalue weighted by Gasteiger charge is -2.33. The zero-order valence-corrected chi connectivity index (χ0v) is 14.0. The third-order valence-corrected chi connectivity index (χ3v) is 4.33. The molecule has 0 spiro atoms. The molecular weight excluding hydrogens is 290 g/mol. The van der Waals surface area contributed by atoms with Crippen LogP contribution in [0.1, 0.15) is 41.8 Å². The van der Waals surface area contributed by atoms with E-state index in [1.807, 2.05) is 42.5 Å². The van der Waals surface area contributed by atoms with Gasteiger partial charge in [-0.3, -0.25) is 9.78 Å². The van der Waals surface area contributed by atoms with E-state index in [1.165, 1.54) is 0 Å². The van der Waals surface area contributed by atoms with Gasteiger partial charge in [-0.05, 0) is 45.2 Å². The number of hydrogen-bond acceptors (Lipinski definition) is 4. The van der Waals surface area contributed by atoms with Gasteiger partial charge in [0.1, 0.15) is 11.6 Å². The lowest BCUT2D eigenvalue weighted by Crippen LogP contribution is -2.41. The van der Waals surface area contributed by atoms with E-state index >= 15 is 0 Å². The van der Waals surface area contributed by atoms with Gasteiger partial charge in [-0.15, -0.1) is 0 Å². The highest BCUT2D eigenvalue weighted by Crippen LogP contribution is 2.22. The van der Waals surface area contributed by atoms with Gasteiger partial charge in [-0.25, -0.2) is 9.67 Å². The molecule has 1 atom stereocenters. The Morgan fingerprint density at radius 3 is 2.78 bits per heavy atom. The van der Waals surface area contributed by atoms with Crippen molar-refractivity contribution in [2.75, 3.05) is 13.1 Å². The standard InChI is InChI=1S/C17H23N5O/c1-12-6-7-15(10-18-12)9-17(23)21-8-4-5-16(11-21)22-14(3)19-13(2)20-22/h6-7,10,16H,4-5,8-9,11H2,1-3H3/t16-/m1/s1. The van der Waals surface area contributed by atoms with E-state index < -0.39 is 0 Å². The van der Waals surface area contributed by atoms with Crippen LogP contribution in [0.15, 0.2) is 18.3 Å². The van der Waals surface area contributed by atoms with Gasteiger partial charge in [0.25, 0.3) is 0 Å². The maximum Gasteiger partial charge on any atom is 0.227 e. The summed E-state index contributed by atoms with van der Waals surface area (Å²) in [5, 5.41) is 4.48. The Kier molecular flexibility index (Phi) is 4.41. The maximum atomic E-state index is 12.6. The average molecular weight is 313 g/mol. The Bertz CT molecular complexity index is 692. The van der Waals surface area contributed by atoms with E-state index in [0.717, 1.165) is 42.3 Å². The van der Waals surface area contributed by atoms with Crippen LogP contribution in [-0.2, 0) is 11.2 Å². The minimum atomic E-state index is 0.162. The number of aromatic nitrogens is 4. The number of carbonyl (C=O) groups excluding carboxylic acids is 1. The molecule has 1 amide bonds. The molecule has 0 radical (unpaired) electrons. The van der Waals surface area contributed by atoms with Crippen LogP contribution in [0.4, 0.5) is 0 Å². The number of piperidine rings is 1. The smallest absolute Gasteiger partial charge is 0.227 e. The molecule has 0 unspecified atom stereocenters. The second kappa shape index (κ2) is 6.48. The number of carbonyl (C=O) groups is 1. The van der Waals surface area contributed by atoms with E-state index in [-0.39, 0.29) is 11.9 Å². The molecule has 0 bridgehead atoms. The molecule has 1 aliphatic heterocycles. The van der Waals surface area contributed by atoms with E-state index in [4.69, 9.17) is 0 Å². The summed E-state index contributed by atoms with van der Waals surface area (Å²) in [6.45, 7) is 7.35. The summed E-state index contributed by atoms with van der Waals surface area (Å²) in [6, 6.07) is 4.15. The third kappa shape index (κ3) is 3.57. The monoisotopic (exact) mass is 313 g/mol. The highest BCUT2D eigenvalue weighted by molar-refractivity contribution is 5.78. The summed E-state index contributed by atoms with van der Waals surface area (Å²) in [6.07, 6.45) is 4.25. The van der Waals surface area contributed by atoms with Crippen LogP contribution in [0.3, 0.4) is 0 Å². The van der Waals surface area contributed by atoms with Gasteiger partial charge in [-0.1, -0.05) is 6.07 Å². The van der Waals surface area contributed by atoms with Crippen LogP contribution >= 0.6 is 0 Å². The molecule has 1 saturated heterocycles. The summed E-state index contributed by atoms with van der Waals surface area (Å²) >= 11 is 0. The molecule has 1 fully saturated rings. The Labute approximate surface area is 136 Å². The molecule has 3 heterocycles. The van der Waals surface area contributed by atoms with Crippen LogP contribution in [0.5, 0.6) is 0 Å². The largest absolute Gasteiger partial charge is 0.340 e. The van der Waals surface area contributed by atoms with Crippen LogP contribution in [-0.4, -0.2) is 43.6 Å². The Morgan fingerprint density at radius 2 is 2.13 bits per heavy atom. The van der Waals surface area contributed by atoms with E-state index in [1.54, 1.807) is 6.20 Å². The number of nitrogens with zero attached hydrogens (tertiary/aromatic N) is 5. The molecule has 0 aromatic carbocycles. The van der Waals surface area contributed by atoms with Crippen LogP contribution in [0.25, 0.3) is 0 Å². The first-order valence-corrected chi connectivity index (χ1v) is 8.12. The minimum absolute atomic E-state index is 0.162. The number of amides is 1. The fourth-order valence-corrected chi connectivity index (χ4v) is 3.15. The van der Waals surface area contributed by atoms with Crippen LogP contribution in [0.2, 0.25) is 0 Å². The van der Waals surface area contributed by atoms with Gasteiger partial charge in [-0.2, -0.15) is 5.10 Å². The van der Waals surface area contributed by atoms with Crippen LogP contribution < -0.4 is 0 Å². The van der Waals surface area contributed by atoms with Crippen molar-refractivity contribution in [3.63, 3.8) is 0 Å². The Balaban J connectivity index is 1.67. The van der Waals surface area contributed by atoms with E-state index in [0.29, 0.717) is 13.0 Å². The minimum Gasteiger partial charge on any atom is -0.340 e. The fraction of sp³-hybridized carbons (Fsp3) is 0.529. The summed E-state index contributed by atoms with van der Waals surface area (Å²) in [5.74, 6) is 1.87. The lowest BCUT2D eigenvalue weighted by molar-refractivity contribution is -0.132. The quantitative estimate of drug-likeness (QED) is 0.869. The van der Waals surface area contributed by atoms with Crippen molar-refractivity contribution in [2.24, 2.45) is 0 Å². The third-order valence-electron chi connectivity index (χ3n) is 4.33. The average Bonchev–Trinajstić information content (AvgIpc) is 2.88. The molecule has 2 aromatic heterocycles. The normalized spacial score (nSPS) is 18.2. The predicted molar refractivity (Wildman–Crippen MR) is 87.0 cm³/mol. The van der Waals surface area contributed by atoms with Gasteiger partial charge in [0.15, 0.2) is 0 Å². The SMILES string of the molecule is Cc1ccc(CC(=O)N2CCC[C@@H](n3nc(C)nc3C)C2)cn1. The molecule has 0 N–H and O–H groups in total. The number of hydrogen-bond donors (Lipinski definition) is 0. The van der Waals surface area contributed by atoms with Crippen molar-refractivity contribution in [2.45, 2.75) is 46.1 Å². The Morgan fingerprint density at radius 1 is 1.30 bits per heavy atom. The molecule has 2 aromatic rings. The summed E-state index contributed by atoms with van der Waals surface area (Å²) in [4.78, 5) is 23.2. The second-order valence-corrected chi connectivity index (χ2v) is 6.27. The maximum absolute atomic E-state index is 12.6. The molecule has 23 heavy (non-hydrogen) atoms. The molecule has 6 nitrogen and oxygen atoms in total. The molecule has 3 rings (SSSR count). The summed E-state index contributed by atoms with van der Waals surface area (Å²) in [7, 11) is 0. The number of rotatable bonds is 3. The van der Waals surface area contributed by atoms with Gasteiger partial charge < -0.3 is 4.90 Å². The molecule has 1 aliphatic rings. The molecule has 6 heteroatoms. The highest BCUT2D eigenvalue weighted by Gasteiger charge is 2.26. The van der Waals surface area contributed by atoms with Crippen molar-refractivity contribution in [3.8, 4) is 0 Å². The predicted octanol–water partition coefficient (Wildman–Crippen LogP) is 2.00. The van der Waals surface area contributed by atoms with E-state index in [2.05, 4.69) is 15.1 Å². The van der Waals surface area contributed by atoms with Gasteiger partial charge in [0.05, 0.1) is 12.5 Å². The zero-order valence-electron chi connectivity index (χ0n) is 14.0. The molecule has 0 aliphatic carbocycles. The zero-order chi connectivity index (χ0) is 16.4. The summed E-state index contributed by atoms with van der Waals surface area (Å²) < 4.78 is 1.97. The first kappa shape index (κ1) is 15.6. The van der Waals surface area contributed by atoms with Crippen molar-refractivity contribution < 1.29 is 4.79 Å². The van der Waals surface area contributed by atoms with E-state index in [9.17, 15) is 4.79 Å². The summed E-state index contributed by atoms with van der Waals surface area (Å²) in [5.41, 5.74) is 1.94. The second-order valence-electron chi connectivity index (χ2n) is 6.27. The molecular formula is C17H23N5O.